The largest absolute Gasteiger partial charge is 0.491 e. The molecule has 0 amide bonds. The van der Waals surface area contributed by atoms with Crippen LogP contribution in [0.1, 0.15) is 33.3 Å². The van der Waals surface area contributed by atoms with Gasteiger partial charge in [-0.25, -0.2) is 14.5 Å². The number of alkyl halides is 3. The lowest BCUT2D eigenvalue weighted by Gasteiger charge is -2.14. The molecule has 1 heterocycles. The molecular weight excluding hydrogens is 363 g/mol. The van der Waals surface area contributed by atoms with Gasteiger partial charge in [0.2, 0.25) is 0 Å². The number of hydrogen-bond acceptors (Lipinski definition) is 5. The Balaban J connectivity index is 2.31. The highest BCUT2D eigenvalue weighted by molar-refractivity contribution is 5.85. The summed E-state index contributed by atoms with van der Waals surface area (Å²) in [7, 11) is 0. The molecule has 146 valence electrons. The molecule has 0 spiro atoms. The quantitative estimate of drug-likeness (QED) is 0.553. The first-order valence-electron chi connectivity index (χ1n) is 8.24. The van der Waals surface area contributed by atoms with Crippen LogP contribution < -0.4 is 4.74 Å². The van der Waals surface area contributed by atoms with Crippen LogP contribution in [0.5, 0.6) is 5.75 Å². The van der Waals surface area contributed by atoms with E-state index in [-0.39, 0.29) is 29.3 Å². The van der Waals surface area contributed by atoms with E-state index in [2.05, 4.69) is 10.1 Å². The molecule has 0 aliphatic heterocycles. The van der Waals surface area contributed by atoms with Gasteiger partial charge in [-0.05, 0) is 45.9 Å². The zero-order valence-electron chi connectivity index (χ0n) is 15.3. The van der Waals surface area contributed by atoms with Crippen molar-refractivity contribution < 1.29 is 27.4 Å². The van der Waals surface area contributed by atoms with Gasteiger partial charge in [-0.1, -0.05) is 0 Å². The molecule has 0 atom stereocenters. The van der Waals surface area contributed by atoms with Crippen molar-refractivity contribution in [1.29, 1.82) is 0 Å². The monoisotopic (exact) mass is 383 g/mol. The molecule has 0 radical (unpaired) electrons. The Kier molecular flexibility index (Phi) is 6.24. The van der Waals surface area contributed by atoms with Crippen molar-refractivity contribution in [2.75, 3.05) is 0 Å². The number of halogens is 3. The summed E-state index contributed by atoms with van der Waals surface area (Å²) in [6.45, 7) is 6.86. The number of nitrogens with zero attached hydrogens (tertiary/aromatic N) is 3. The van der Waals surface area contributed by atoms with Gasteiger partial charge >= 0.3 is 12.1 Å². The molecule has 0 unspecified atom stereocenters. The van der Waals surface area contributed by atoms with E-state index in [1.807, 2.05) is 0 Å². The van der Waals surface area contributed by atoms with Crippen molar-refractivity contribution in [1.82, 2.24) is 14.8 Å². The van der Waals surface area contributed by atoms with E-state index >= 15 is 0 Å². The van der Waals surface area contributed by atoms with Gasteiger partial charge in [0.25, 0.3) is 0 Å². The first-order valence-corrected chi connectivity index (χ1v) is 8.24. The van der Waals surface area contributed by atoms with Crippen LogP contribution in [0.15, 0.2) is 30.6 Å². The second kappa shape index (κ2) is 8.24. The summed E-state index contributed by atoms with van der Waals surface area (Å²) in [4.78, 5) is 15.5. The Morgan fingerprint density at radius 2 is 1.85 bits per heavy atom. The highest BCUT2D eigenvalue weighted by Crippen LogP contribution is 2.35. The van der Waals surface area contributed by atoms with Gasteiger partial charge in [0.15, 0.2) is 5.82 Å². The van der Waals surface area contributed by atoms with Crippen molar-refractivity contribution >= 4 is 12.2 Å². The predicted octanol–water partition coefficient (Wildman–Crippen LogP) is 4.17. The van der Waals surface area contributed by atoms with Crippen LogP contribution in [0, 0.1) is 0 Å². The number of hydrogen-bond donors (Lipinski definition) is 0. The molecule has 0 saturated carbocycles. The van der Waals surface area contributed by atoms with Crippen molar-refractivity contribution in [3.05, 3.63) is 36.2 Å². The number of carbonyl (C=O) groups excluding carboxylic acids is 1. The number of aromatic nitrogens is 3. The van der Waals surface area contributed by atoms with Crippen molar-refractivity contribution in [3.63, 3.8) is 0 Å². The Morgan fingerprint density at radius 3 is 2.44 bits per heavy atom. The minimum Gasteiger partial charge on any atom is -0.491 e. The number of rotatable bonds is 6. The van der Waals surface area contributed by atoms with Gasteiger partial charge in [0, 0.05) is 17.8 Å². The summed E-state index contributed by atoms with van der Waals surface area (Å²) in [6, 6.07) is 3.32. The minimum absolute atomic E-state index is 0.0663. The van der Waals surface area contributed by atoms with E-state index in [0.717, 1.165) is 18.2 Å². The van der Waals surface area contributed by atoms with Gasteiger partial charge in [-0.2, -0.15) is 13.2 Å². The van der Waals surface area contributed by atoms with E-state index in [1.165, 1.54) is 23.3 Å². The lowest BCUT2D eigenvalue weighted by atomic mass is 10.1. The molecule has 1 aromatic carbocycles. The van der Waals surface area contributed by atoms with Crippen LogP contribution in [-0.4, -0.2) is 32.9 Å². The number of benzene rings is 1. The summed E-state index contributed by atoms with van der Waals surface area (Å²) in [5, 5.41) is 4.06. The average molecular weight is 383 g/mol. The second-order valence-electron chi connectivity index (χ2n) is 6.26. The lowest BCUT2D eigenvalue weighted by molar-refractivity contribution is -0.141. The van der Waals surface area contributed by atoms with Gasteiger partial charge in [-0.15, -0.1) is 5.10 Å². The molecule has 9 heteroatoms. The van der Waals surface area contributed by atoms with Crippen molar-refractivity contribution in [2.45, 2.75) is 46.1 Å². The second-order valence-corrected chi connectivity index (χ2v) is 6.26. The molecule has 0 fully saturated rings. The maximum atomic E-state index is 13.2. The normalized spacial score (nSPS) is 12.2. The van der Waals surface area contributed by atoms with E-state index < -0.39 is 17.7 Å². The maximum Gasteiger partial charge on any atom is 0.416 e. The van der Waals surface area contributed by atoms with Gasteiger partial charge in [0.05, 0.1) is 17.8 Å². The SMILES string of the molecule is CC(C)OC(=O)/C=C\n1cnc(-c2cc(OC(C)C)cc(C(F)(F)F)c2)n1. The van der Waals surface area contributed by atoms with Crippen LogP contribution in [0.3, 0.4) is 0 Å². The smallest absolute Gasteiger partial charge is 0.416 e. The zero-order valence-corrected chi connectivity index (χ0v) is 15.3. The third-order valence-corrected chi connectivity index (χ3v) is 3.09. The number of carbonyl (C=O) groups is 1. The predicted molar refractivity (Wildman–Crippen MR) is 92.8 cm³/mol. The van der Waals surface area contributed by atoms with E-state index in [0.29, 0.717) is 0 Å². The van der Waals surface area contributed by atoms with Crippen LogP contribution >= 0.6 is 0 Å². The standard InChI is InChI=1S/C18H20F3N3O3/c1-11(2)26-15-8-13(7-14(9-15)18(19,20)21)17-22-10-24(23-17)6-5-16(25)27-12(3)4/h5-12H,1-4H3/b6-5-. The molecule has 0 saturated heterocycles. The van der Waals surface area contributed by atoms with Crippen LogP contribution in [0.4, 0.5) is 13.2 Å². The highest BCUT2D eigenvalue weighted by Gasteiger charge is 2.32. The number of ether oxygens (including phenoxy) is 2. The van der Waals surface area contributed by atoms with Gasteiger partial charge in [0.1, 0.15) is 12.1 Å². The third-order valence-electron chi connectivity index (χ3n) is 3.09. The Labute approximate surface area is 154 Å². The molecule has 1 aromatic heterocycles. The first-order chi connectivity index (χ1) is 12.5. The molecule has 0 aliphatic carbocycles. The fourth-order valence-electron chi connectivity index (χ4n) is 2.12. The molecule has 6 nitrogen and oxygen atoms in total. The Morgan fingerprint density at radius 1 is 1.15 bits per heavy atom. The molecular formula is C18H20F3N3O3. The van der Waals surface area contributed by atoms with Gasteiger partial charge in [-0.3, -0.25) is 0 Å². The van der Waals surface area contributed by atoms with Crippen LogP contribution in [0.2, 0.25) is 0 Å². The fraction of sp³-hybridized carbons (Fsp3) is 0.389. The highest BCUT2D eigenvalue weighted by atomic mass is 19.4. The summed E-state index contributed by atoms with van der Waals surface area (Å²) in [5.74, 6) is -0.424. The molecule has 2 rings (SSSR count). The summed E-state index contributed by atoms with van der Waals surface area (Å²) in [6.07, 6.45) is -1.36. The molecule has 0 bridgehead atoms. The van der Waals surface area contributed by atoms with Crippen LogP contribution in [-0.2, 0) is 15.7 Å². The topological polar surface area (TPSA) is 66.2 Å². The molecule has 0 N–H and O–H groups in total. The first kappa shape index (κ1) is 20.5. The third kappa shape index (κ3) is 6.12. The van der Waals surface area contributed by atoms with E-state index in [9.17, 15) is 18.0 Å². The van der Waals surface area contributed by atoms with Crippen molar-refractivity contribution in [3.8, 4) is 17.1 Å². The minimum atomic E-state index is -4.53. The number of esters is 1. The van der Waals surface area contributed by atoms with E-state index in [4.69, 9.17) is 9.47 Å². The fourth-order valence-corrected chi connectivity index (χ4v) is 2.12. The zero-order chi connectivity index (χ0) is 20.2. The van der Waals surface area contributed by atoms with Gasteiger partial charge < -0.3 is 9.47 Å². The lowest BCUT2D eigenvalue weighted by Crippen LogP contribution is -2.09. The molecule has 27 heavy (non-hydrogen) atoms. The van der Waals surface area contributed by atoms with E-state index in [1.54, 1.807) is 27.7 Å². The Hall–Kier alpha value is -2.84. The summed E-state index contributed by atoms with van der Waals surface area (Å²) < 4.78 is 51.0. The summed E-state index contributed by atoms with van der Waals surface area (Å²) >= 11 is 0. The molecule has 0 aliphatic rings. The molecule has 2 aromatic rings. The summed E-state index contributed by atoms with van der Waals surface area (Å²) in [5.41, 5.74) is -0.708. The maximum absolute atomic E-state index is 13.2. The van der Waals surface area contributed by atoms with Crippen LogP contribution in [0.25, 0.3) is 17.6 Å². The Bertz CT molecular complexity index is 827. The van der Waals surface area contributed by atoms with Crippen molar-refractivity contribution in [2.24, 2.45) is 0 Å². The average Bonchev–Trinajstić information content (AvgIpc) is 2.99.